The van der Waals surface area contributed by atoms with Gasteiger partial charge in [0.2, 0.25) is 0 Å². The zero-order valence-electron chi connectivity index (χ0n) is 18.9. The highest BCUT2D eigenvalue weighted by Crippen LogP contribution is 2.44. The zero-order valence-corrected chi connectivity index (χ0v) is 20.5. The molecule has 0 aliphatic carbocycles. The molecule has 4 rings (SSSR count). The number of nitrogens with zero attached hydrogens (tertiary/aromatic N) is 1. The lowest BCUT2D eigenvalue weighted by molar-refractivity contribution is 0.0342. The maximum Gasteiger partial charge on any atom is 0.251 e. The van der Waals surface area contributed by atoms with Crippen molar-refractivity contribution in [2.24, 2.45) is 0 Å². The molecule has 0 bridgehead atoms. The Bertz CT molecular complexity index is 998. The molecule has 5 nitrogen and oxygen atoms in total. The second kappa shape index (κ2) is 10.5. The van der Waals surface area contributed by atoms with Gasteiger partial charge in [0.25, 0.3) is 6.43 Å². The largest absolute Gasteiger partial charge is 0.496 e. The van der Waals surface area contributed by atoms with Gasteiger partial charge in [-0.25, -0.2) is 8.78 Å². The number of anilines is 1. The Morgan fingerprint density at radius 1 is 1.27 bits per heavy atom. The third kappa shape index (κ3) is 5.08. The van der Waals surface area contributed by atoms with Crippen LogP contribution in [-0.2, 0) is 11.2 Å². The quantitative estimate of drug-likeness (QED) is 0.439. The van der Waals surface area contributed by atoms with Gasteiger partial charge >= 0.3 is 0 Å². The summed E-state index contributed by atoms with van der Waals surface area (Å²) in [5.41, 5.74) is 4.43. The first-order valence-electron chi connectivity index (χ1n) is 11.3. The topological polar surface area (TPSA) is 57.6 Å². The Balaban J connectivity index is 1.82. The molecule has 2 aromatic carbocycles. The maximum absolute atomic E-state index is 13.6. The van der Waals surface area contributed by atoms with Crippen LogP contribution < -0.4 is 10.1 Å². The van der Waals surface area contributed by atoms with Gasteiger partial charge in [0.1, 0.15) is 12.0 Å². The lowest BCUT2D eigenvalue weighted by Gasteiger charge is -2.43. The van der Waals surface area contributed by atoms with Crippen LogP contribution in [0.5, 0.6) is 5.75 Å². The SMILES string of the molecule is COc1cc(Br)ccc1C1c2ccc(NC3CCCCO3)c(C=N)c2C[C@@H](C)N1CC(F)F. The average Bonchev–Trinajstić information content (AvgIpc) is 2.80. The summed E-state index contributed by atoms with van der Waals surface area (Å²) in [5.74, 6) is 0.642. The van der Waals surface area contributed by atoms with Gasteiger partial charge in [0, 0.05) is 40.2 Å². The average molecular weight is 522 g/mol. The number of hydrogen-bond acceptors (Lipinski definition) is 5. The molecule has 0 radical (unpaired) electrons. The van der Waals surface area contributed by atoms with Crippen molar-refractivity contribution in [3.8, 4) is 5.75 Å². The molecule has 33 heavy (non-hydrogen) atoms. The Labute approximate surface area is 202 Å². The van der Waals surface area contributed by atoms with Crippen LogP contribution in [0.4, 0.5) is 14.5 Å². The first-order chi connectivity index (χ1) is 15.9. The Hall–Kier alpha value is -2.03. The molecule has 1 fully saturated rings. The molecule has 0 saturated carbocycles. The van der Waals surface area contributed by atoms with Crippen LogP contribution in [0.15, 0.2) is 34.8 Å². The molecule has 2 heterocycles. The first-order valence-corrected chi connectivity index (χ1v) is 12.1. The van der Waals surface area contributed by atoms with Crippen molar-refractivity contribution in [1.82, 2.24) is 4.90 Å². The minimum Gasteiger partial charge on any atom is -0.496 e. The molecule has 0 aromatic heterocycles. The van der Waals surface area contributed by atoms with Gasteiger partial charge in [0.05, 0.1) is 19.7 Å². The first kappa shape index (κ1) is 24.1. The fourth-order valence-electron chi connectivity index (χ4n) is 5.03. The number of benzene rings is 2. The second-order valence-electron chi connectivity index (χ2n) is 8.67. The van der Waals surface area contributed by atoms with E-state index in [0.717, 1.165) is 58.3 Å². The van der Waals surface area contributed by atoms with E-state index < -0.39 is 12.5 Å². The molecular formula is C25H30BrF2N3O2. The maximum atomic E-state index is 13.6. The predicted molar refractivity (Wildman–Crippen MR) is 130 cm³/mol. The van der Waals surface area contributed by atoms with E-state index in [1.54, 1.807) is 7.11 Å². The summed E-state index contributed by atoms with van der Waals surface area (Å²) in [4.78, 5) is 1.85. The molecule has 2 aliphatic heterocycles. The number of methoxy groups -OCH3 is 1. The van der Waals surface area contributed by atoms with Gasteiger partial charge in [-0.2, -0.15) is 0 Å². The number of fused-ring (bicyclic) bond motifs is 1. The highest BCUT2D eigenvalue weighted by atomic mass is 79.9. The van der Waals surface area contributed by atoms with Crippen LogP contribution in [0.1, 0.15) is 54.5 Å². The van der Waals surface area contributed by atoms with E-state index in [-0.39, 0.29) is 18.8 Å². The van der Waals surface area contributed by atoms with Crippen LogP contribution in [0.25, 0.3) is 0 Å². The van der Waals surface area contributed by atoms with Gasteiger partial charge in [-0.05, 0) is 61.9 Å². The van der Waals surface area contributed by atoms with E-state index >= 15 is 0 Å². The summed E-state index contributed by atoms with van der Waals surface area (Å²) in [6.45, 7) is 2.37. The highest BCUT2D eigenvalue weighted by Gasteiger charge is 2.37. The van der Waals surface area contributed by atoms with E-state index in [0.29, 0.717) is 12.2 Å². The second-order valence-corrected chi connectivity index (χ2v) is 9.58. The summed E-state index contributed by atoms with van der Waals surface area (Å²) >= 11 is 3.48. The Morgan fingerprint density at radius 2 is 2.06 bits per heavy atom. The molecular weight excluding hydrogens is 492 g/mol. The van der Waals surface area contributed by atoms with Gasteiger partial charge in [-0.1, -0.05) is 28.1 Å². The smallest absolute Gasteiger partial charge is 0.251 e. The van der Waals surface area contributed by atoms with E-state index in [1.807, 2.05) is 42.2 Å². The fourth-order valence-corrected chi connectivity index (χ4v) is 5.37. The van der Waals surface area contributed by atoms with Crippen molar-refractivity contribution < 1.29 is 18.3 Å². The lowest BCUT2D eigenvalue weighted by atomic mass is 9.82. The number of rotatable bonds is 7. The molecule has 0 spiro atoms. The van der Waals surface area contributed by atoms with Crippen molar-refractivity contribution in [3.63, 3.8) is 0 Å². The molecule has 0 amide bonds. The van der Waals surface area contributed by atoms with E-state index in [9.17, 15) is 8.78 Å². The third-order valence-electron chi connectivity index (χ3n) is 6.56. The summed E-state index contributed by atoms with van der Waals surface area (Å²) in [7, 11) is 1.59. The molecule has 2 N–H and O–H groups in total. The number of hydrogen-bond donors (Lipinski definition) is 2. The van der Waals surface area contributed by atoms with Gasteiger partial charge in [-0.15, -0.1) is 0 Å². The molecule has 2 aliphatic rings. The summed E-state index contributed by atoms with van der Waals surface area (Å²) in [6.07, 6.45) is 2.52. The fraction of sp³-hybridized carbons (Fsp3) is 0.480. The van der Waals surface area contributed by atoms with Gasteiger partial charge in [0.15, 0.2) is 0 Å². The molecule has 178 valence electrons. The molecule has 8 heteroatoms. The van der Waals surface area contributed by atoms with Crippen LogP contribution in [0, 0.1) is 5.41 Å². The summed E-state index contributed by atoms with van der Waals surface area (Å²) in [5, 5.41) is 11.6. The number of halogens is 3. The van der Waals surface area contributed by atoms with Crippen LogP contribution in [-0.4, -0.2) is 50.1 Å². The highest BCUT2D eigenvalue weighted by molar-refractivity contribution is 9.10. The van der Waals surface area contributed by atoms with E-state index in [2.05, 4.69) is 21.2 Å². The van der Waals surface area contributed by atoms with Crippen LogP contribution in [0.2, 0.25) is 0 Å². The third-order valence-corrected chi connectivity index (χ3v) is 7.06. The predicted octanol–water partition coefficient (Wildman–Crippen LogP) is 5.99. The van der Waals surface area contributed by atoms with Crippen molar-refractivity contribution in [1.29, 1.82) is 5.41 Å². The van der Waals surface area contributed by atoms with Crippen LogP contribution in [0.3, 0.4) is 0 Å². The molecule has 2 unspecified atom stereocenters. The van der Waals surface area contributed by atoms with E-state index in [4.69, 9.17) is 14.9 Å². The minimum absolute atomic E-state index is 0.0748. The Morgan fingerprint density at radius 3 is 2.73 bits per heavy atom. The van der Waals surface area contributed by atoms with Gasteiger partial charge < -0.3 is 20.2 Å². The van der Waals surface area contributed by atoms with Crippen molar-refractivity contribution in [2.45, 2.75) is 57.3 Å². The van der Waals surface area contributed by atoms with Crippen molar-refractivity contribution in [2.75, 3.05) is 25.6 Å². The standard InChI is InChI=1S/C25H30BrF2N3O2/c1-15-11-19-17(8-9-21(20(19)13-29)30-24-5-3-4-10-33-24)25(31(15)14-23(27)28)18-7-6-16(26)12-22(18)32-2/h6-9,12-13,15,23-25,29-30H,3-5,10-11,14H2,1-2H3/t15-,24?,25?/m1/s1. The monoisotopic (exact) mass is 521 g/mol. The molecule has 1 saturated heterocycles. The normalized spacial score (nSPS) is 23.3. The number of ether oxygens (including phenoxy) is 2. The Kier molecular flexibility index (Phi) is 7.66. The van der Waals surface area contributed by atoms with E-state index in [1.165, 1.54) is 6.21 Å². The zero-order chi connectivity index (χ0) is 23.5. The minimum atomic E-state index is -2.45. The summed E-state index contributed by atoms with van der Waals surface area (Å²) in [6, 6.07) is 9.12. The van der Waals surface area contributed by atoms with Gasteiger partial charge in [-0.3, -0.25) is 4.90 Å². The van der Waals surface area contributed by atoms with Crippen LogP contribution >= 0.6 is 15.9 Å². The number of alkyl halides is 2. The van der Waals surface area contributed by atoms with Crippen molar-refractivity contribution in [3.05, 3.63) is 57.1 Å². The molecule has 2 aromatic rings. The lowest BCUT2D eigenvalue weighted by Crippen LogP contribution is -2.45. The summed E-state index contributed by atoms with van der Waals surface area (Å²) < 4.78 is 39.6. The number of nitrogens with one attached hydrogen (secondary N) is 2. The van der Waals surface area contributed by atoms with Crippen molar-refractivity contribution >= 4 is 27.8 Å². The molecule has 3 atom stereocenters.